The van der Waals surface area contributed by atoms with Crippen LogP contribution in [0.1, 0.15) is 12.5 Å². The Balaban J connectivity index is 1.57. The van der Waals surface area contributed by atoms with Crippen molar-refractivity contribution in [1.29, 1.82) is 0 Å². The molecule has 1 atom stereocenters. The minimum absolute atomic E-state index is 0.285. The topological polar surface area (TPSA) is 78.5 Å². The van der Waals surface area contributed by atoms with E-state index in [9.17, 15) is 14.4 Å². The third-order valence-electron chi connectivity index (χ3n) is 5.11. The van der Waals surface area contributed by atoms with Gasteiger partial charge in [-0.1, -0.05) is 65.7 Å². The second kappa shape index (κ2) is 7.63. The summed E-state index contributed by atoms with van der Waals surface area (Å²) >= 11 is 11.8. The number of hydrogen-bond donors (Lipinski definition) is 2. The minimum atomic E-state index is -1.28. The van der Waals surface area contributed by atoms with Gasteiger partial charge >= 0.3 is 6.03 Å². The maximum atomic E-state index is 13.2. The number of urea groups is 1. The van der Waals surface area contributed by atoms with Crippen molar-refractivity contribution >= 4 is 57.5 Å². The van der Waals surface area contributed by atoms with Crippen molar-refractivity contribution in [2.45, 2.75) is 12.5 Å². The Hall–Kier alpha value is -3.09. The van der Waals surface area contributed by atoms with Crippen LogP contribution in [0.4, 0.5) is 10.5 Å². The van der Waals surface area contributed by atoms with E-state index in [1.54, 1.807) is 25.1 Å². The lowest BCUT2D eigenvalue weighted by Gasteiger charge is -2.24. The van der Waals surface area contributed by atoms with E-state index in [0.717, 1.165) is 15.7 Å². The van der Waals surface area contributed by atoms with Gasteiger partial charge in [0.1, 0.15) is 12.1 Å². The predicted molar refractivity (Wildman–Crippen MR) is 117 cm³/mol. The molecule has 3 aromatic carbocycles. The Labute approximate surface area is 182 Å². The van der Waals surface area contributed by atoms with Crippen molar-refractivity contribution < 1.29 is 14.4 Å². The number of amides is 4. The van der Waals surface area contributed by atoms with E-state index in [1.165, 1.54) is 6.07 Å². The second-order valence-electron chi connectivity index (χ2n) is 7.15. The number of carbonyl (C=O) groups excluding carboxylic acids is 3. The zero-order chi connectivity index (χ0) is 21.5. The van der Waals surface area contributed by atoms with Gasteiger partial charge in [0, 0.05) is 5.69 Å². The van der Waals surface area contributed by atoms with Gasteiger partial charge in [-0.25, -0.2) is 4.79 Å². The highest BCUT2D eigenvalue weighted by molar-refractivity contribution is 6.42. The molecular formula is C22H17Cl2N3O3. The third-order valence-corrected chi connectivity index (χ3v) is 5.85. The molecule has 1 saturated heterocycles. The molecule has 0 radical (unpaired) electrons. The van der Waals surface area contributed by atoms with Crippen molar-refractivity contribution in [2.24, 2.45) is 0 Å². The number of halogens is 2. The lowest BCUT2D eigenvalue weighted by atomic mass is 9.88. The zero-order valence-electron chi connectivity index (χ0n) is 15.9. The van der Waals surface area contributed by atoms with Crippen molar-refractivity contribution in [1.82, 2.24) is 10.2 Å². The maximum absolute atomic E-state index is 13.2. The Morgan fingerprint density at radius 2 is 1.77 bits per heavy atom. The number of fused-ring (bicyclic) bond motifs is 1. The standard InChI is InChI=1S/C22H17Cl2N3O3/c1-22(16-8-4-6-13-5-2-3-7-15(13)16)20(29)27(21(30)26-22)12-19(28)25-14-9-10-17(23)18(24)11-14/h2-11H,12H2,1H3,(H,25,28)(H,26,30). The molecule has 30 heavy (non-hydrogen) atoms. The fraction of sp³-hybridized carbons (Fsp3) is 0.136. The summed E-state index contributed by atoms with van der Waals surface area (Å²) in [6, 6.07) is 17.2. The van der Waals surface area contributed by atoms with Crippen molar-refractivity contribution in [3.05, 3.63) is 76.3 Å². The third kappa shape index (κ3) is 3.49. The molecule has 2 N–H and O–H groups in total. The van der Waals surface area contributed by atoms with E-state index in [0.29, 0.717) is 16.3 Å². The van der Waals surface area contributed by atoms with Crippen LogP contribution in [-0.2, 0) is 15.1 Å². The summed E-state index contributed by atoms with van der Waals surface area (Å²) in [5.41, 5.74) is -0.188. The Kier molecular flexibility index (Phi) is 5.13. The van der Waals surface area contributed by atoms with Crippen molar-refractivity contribution in [3.8, 4) is 0 Å². The molecule has 152 valence electrons. The number of nitrogens with zero attached hydrogens (tertiary/aromatic N) is 1. The monoisotopic (exact) mass is 441 g/mol. The average molecular weight is 442 g/mol. The van der Waals surface area contributed by atoms with Crippen LogP contribution < -0.4 is 10.6 Å². The molecule has 4 amide bonds. The highest BCUT2D eigenvalue weighted by atomic mass is 35.5. The minimum Gasteiger partial charge on any atom is -0.324 e. The van der Waals surface area contributed by atoms with Crippen LogP contribution in [0.2, 0.25) is 10.0 Å². The van der Waals surface area contributed by atoms with Gasteiger partial charge in [0.25, 0.3) is 5.91 Å². The molecule has 1 aliphatic rings. The number of benzene rings is 3. The van der Waals surface area contributed by atoms with Crippen molar-refractivity contribution in [2.75, 3.05) is 11.9 Å². The van der Waals surface area contributed by atoms with Crippen LogP contribution in [0.3, 0.4) is 0 Å². The number of hydrogen-bond acceptors (Lipinski definition) is 3. The molecule has 0 saturated carbocycles. The Morgan fingerprint density at radius 3 is 2.53 bits per heavy atom. The van der Waals surface area contributed by atoms with Crippen LogP contribution in [0.25, 0.3) is 10.8 Å². The summed E-state index contributed by atoms with van der Waals surface area (Å²) in [5, 5.41) is 7.82. The molecule has 1 fully saturated rings. The average Bonchev–Trinajstić information content (AvgIpc) is 2.94. The quantitative estimate of drug-likeness (QED) is 0.582. The molecule has 0 spiro atoms. The van der Waals surface area contributed by atoms with E-state index in [4.69, 9.17) is 23.2 Å². The summed E-state index contributed by atoms with van der Waals surface area (Å²) in [6.45, 7) is 1.22. The predicted octanol–water partition coefficient (Wildman–Crippen LogP) is 4.55. The summed E-state index contributed by atoms with van der Waals surface area (Å²) in [5.74, 6) is -1.02. The summed E-state index contributed by atoms with van der Waals surface area (Å²) in [4.78, 5) is 39.1. The molecule has 6 nitrogen and oxygen atoms in total. The molecule has 3 aromatic rings. The molecule has 1 aliphatic heterocycles. The van der Waals surface area contributed by atoms with Crippen LogP contribution in [0.15, 0.2) is 60.7 Å². The first kappa shape index (κ1) is 20.2. The van der Waals surface area contributed by atoms with E-state index in [-0.39, 0.29) is 5.02 Å². The molecule has 1 heterocycles. The van der Waals surface area contributed by atoms with E-state index in [1.807, 2.05) is 36.4 Å². The van der Waals surface area contributed by atoms with Crippen LogP contribution in [0.5, 0.6) is 0 Å². The lowest BCUT2D eigenvalue weighted by molar-refractivity contribution is -0.133. The first-order valence-electron chi connectivity index (χ1n) is 9.17. The normalized spacial score (nSPS) is 18.6. The molecule has 1 unspecified atom stereocenters. The van der Waals surface area contributed by atoms with Crippen LogP contribution in [0, 0.1) is 0 Å². The SMILES string of the molecule is CC1(c2cccc3ccccc23)NC(=O)N(CC(=O)Nc2ccc(Cl)c(Cl)c2)C1=O. The number of nitrogens with one attached hydrogen (secondary N) is 2. The highest BCUT2D eigenvalue weighted by Crippen LogP contribution is 2.34. The van der Waals surface area contributed by atoms with Gasteiger partial charge in [-0.3, -0.25) is 14.5 Å². The second-order valence-corrected chi connectivity index (χ2v) is 7.96. The summed E-state index contributed by atoms with van der Waals surface area (Å²) in [6.07, 6.45) is 0. The molecule has 0 aliphatic carbocycles. The fourth-order valence-electron chi connectivity index (χ4n) is 3.60. The zero-order valence-corrected chi connectivity index (χ0v) is 17.4. The van der Waals surface area contributed by atoms with E-state index >= 15 is 0 Å². The maximum Gasteiger partial charge on any atom is 0.325 e. The van der Waals surface area contributed by atoms with Crippen LogP contribution >= 0.6 is 23.2 Å². The van der Waals surface area contributed by atoms with Crippen molar-refractivity contribution in [3.63, 3.8) is 0 Å². The van der Waals surface area contributed by atoms with Gasteiger partial charge < -0.3 is 10.6 Å². The van der Waals surface area contributed by atoms with E-state index < -0.39 is 29.9 Å². The largest absolute Gasteiger partial charge is 0.325 e. The Bertz CT molecular complexity index is 1190. The first-order valence-corrected chi connectivity index (χ1v) is 9.92. The highest BCUT2D eigenvalue weighted by Gasteiger charge is 2.50. The lowest BCUT2D eigenvalue weighted by Crippen LogP contribution is -2.42. The van der Waals surface area contributed by atoms with Gasteiger partial charge in [-0.15, -0.1) is 0 Å². The molecular weight excluding hydrogens is 425 g/mol. The number of rotatable bonds is 4. The number of anilines is 1. The van der Waals surface area contributed by atoms with Gasteiger partial charge in [-0.2, -0.15) is 0 Å². The fourth-order valence-corrected chi connectivity index (χ4v) is 3.90. The molecule has 0 aromatic heterocycles. The summed E-state index contributed by atoms with van der Waals surface area (Å²) < 4.78 is 0. The van der Waals surface area contributed by atoms with Gasteiger partial charge in [0.15, 0.2) is 0 Å². The van der Waals surface area contributed by atoms with Gasteiger partial charge in [0.05, 0.1) is 10.0 Å². The molecule has 4 rings (SSSR count). The smallest absolute Gasteiger partial charge is 0.324 e. The van der Waals surface area contributed by atoms with Gasteiger partial charge in [0.2, 0.25) is 5.91 Å². The van der Waals surface area contributed by atoms with Crippen LogP contribution in [-0.4, -0.2) is 29.3 Å². The number of imide groups is 1. The Morgan fingerprint density at radius 1 is 1.03 bits per heavy atom. The van der Waals surface area contributed by atoms with Gasteiger partial charge in [-0.05, 0) is 41.5 Å². The molecule has 8 heteroatoms. The molecule has 0 bridgehead atoms. The van der Waals surface area contributed by atoms with E-state index in [2.05, 4.69) is 10.6 Å². The number of carbonyl (C=O) groups is 3. The summed E-state index contributed by atoms with van der Waals surface area (Å²) in [7, 11) is 0. The first-order chi connectivity index (χ1) is 14.3.